The number of rotatable bonds is 3. The first-order chi connectivity index (χ1) is 9.67. The van der Waals surface area contributed by atoms with Gasteiger partial charge in [-0.3, -0.25) is 0 Å². The fraction of sp³-hybridized carbons (Fsp3) is 0.438. The van der Waals surface area contributed by atoms with E-state index in [1.807, 2.05) is 43.3 Å². The minimum atomic E-state index is -1.49. The number of hydrogen-bond acceptors (Lipinski definition) is 4. The number of nitrogens with zero attached hydrogens (tertiary/aromatic N) is 2. The van der Waals surface area contributed by atoms with E-state index >= 15 is 0 Å². The van der Waals surface area contributed by atoms with E-state index in [4.69, 9.17) is 4.74 Å². The molecule has 0 unspecified atom stereocenters. The zero-order chi connectivity index (χ0) is 16.2. The molecule has 0 spiro atoms. The lowest BCUT2D eigenvalue weighted by Gasteiger charge is -2.29. The smallest absolute Gasteiger partial charge is 0.340 e. The van der Waals surface area contributed by atoms with Crippen LogP contribution in [0.2, 0.25) is 19.6 Å². The topological polar surface area (TPSA) is 32.8 Å². The summed E-state index contributed by atoms with van der Waals surface area (Å²) in [5.41, 5.74) is 5.49. The fourth-order valence-corrected chi connectivity index (χ4v) is 2.23. The van der Waals surface area contributed by atoms with E-state index in [0.717, 1.165) is 11.3 Å². The Kier molecular flexibility index (Phi) is 5.59. The van der Waals surface area contributed by atoms with Crippen LogP contribution in [-0.4, -0.2) is 47.3 Å². The first-order valence-corrected chi connectivity index (χ1v) is 10.3. The minimum absolute atomic E-state index is 0.352. The van der Waals surface area contributed by atoms with Gasteiger partial charge >= 0.3 is 5.97 Å². The molecule has 114 valence electrons. The quantitative estimate of drug-likeness (QED) is 0.372. The Morgan fingerprint density at radius 2 is 1.81 bits per heavy atom. The lowest BCUT2D eigenvalue weighted by atomic mass is 10.1. The Hall–Kier alpha value is -1.77. The summed E-state index contributed by atoms with van der Waals surface area (Å²) in [6.07, 6.45) is 0. The minimum Gasteiger partial charge on any atom is -0.465 e. The maximum Gasteiger partial charge on any atom is 0.340 e. The molecule has 0 aliphatic rings. The third kappa shape index (κ3) is 4.62. The van der Waals surface area contributed by atoms with Crippen molar-refractivity contribution in [3.63, 3.8) is 0 Å². The SMILES string of the molecule is COC(=O)c1cccc(C#C[Si](C)(C)C)c1N(C)N(C)C. The second kappa shape index (κ2) is 6.79. The Morgan fingerprint density at radius 1 is 1.19 bits per heavy atom. The number of hydrazine groups is 1. The highest BCUT2D eigenvalue weighted by Crippen LogP contribution is 2.25. The van der Waals surface area contributed by atoms with Crippen molar-refractivity contribution >= 4 is 19.7 Å². The Labute approximate surface area is 128 Å². The molecule has 0 bridgehead atoms. The van der Waals surface area contributed by atoms with Gasteiger partial charge in [-0.25, -0.2) is 9.80 Å². The normalized spacial score (nSPS) is 10.9. The van der Waals surface area contributed by atoms with Gasteiger partial charge < -0.3 is 9.75 Å². The molecule has 0 saturated carbocycles. The fourth-order valence-electron chi connectivity index (χ4n) is 1.72. The number of methoxy groups -OCH3 is 1. The number of hydrogen-bond donors (Lipinski definition) is 0. The van der Waals surface area contributed by atoms with Crippen LogP contribution >= 0.6 is 0 Å². The van der Waals surface area contributed by atoms with Crippen LogP contribution in [-0.2, 0) is 4.74 Å². The summed E-state index contributed by atoms with van der Waals surface area (Å²) in [4.78, 5) is 12.0. The number of esters is 1. The number of carbonyl (C=O) groups excluding carboxylic acids is 1. The summed E-state index contributed by atoms with van der Waals surface area (Å²) in [5.74, 6) is 2.89. The van der Waals surface area contributed by atoms with Crippen molar-refractivity contribution in [1.82, 2.24) is 5.01 Å². The van der Waals surface area contributed by atoms with Crippen LogP contribution < -0.4 is 5.01 Å². The van der Waals surface area contributed by atoms with Crippen LogP contribution in [0.1, 0.15) is 15.9 Å². The van der Waals surface area contributed by atoms with E-state index in [-0.39, 0.29) is 5.97 Å². The zero-order valence-corrected chi connectivity index (χ0v) is 14.9. The molecule has 0 aliphatic heterocycles. The van der Waals surface area contributed by atoms with E-state index < -0.39 is 8.07 Å². The highest BCUT2D eigenvalue weighted by Gasteiger charge is 2.19. The van der Waals surface area contributed by atoms with Crippen molar-refractivity contribution in [2.24, 2.45) is 0 Å². The summed E-state index contributed by atoms with van der Waals surface area (Å²) >= 11 is 0. The average molecular weight is 304 g/mol. The maximum absolute atomic E-state index is 12.0. The van der Waals surface area contributed by atoms with Gasteiger partial charge in [0.05, 0.1) is 18.4 Å². The van der Waals surface area contributed by atoms with Crippen LogP contribution in [0.15, 0.2) is 18.2 Å². The van der Waals surface area contributed by atoms with Crippen molar-refractivity contribution in [3.05, 3.63) is 29.3 Å². The van der Waals surface area contributed by atoms with Gasteiger partial charge in [-0.1, -0.05) is 31.6 Å². The third-order valence-corrected chi connectivity index (χ3v) is 3.81. The molecule has 0 radical (unpaired) electrons. The first-order valence-electron chi connectivity index (χ1n) is 6.83. The molecule has 1 aromatic rings. The van der Waals surface area contributed by atoms with Gasteiger partial charge in [0.1, 0.15) is 8.07 Å². The standard InChI is InChI=1S/C16H24N2O2Si/c1-17(2)18(3)15-13(11-12-21(5,6)7)9-8-10-14(15)16(19)20-4/h8-10H,1-7H3. The van der Waals surface area contributed by atoms with Crippen LogP contribution in [0, 0.1) is 11.5 Å². The van der Waals surface area contributed by atoms with Crippen molar-refractivity contribution < 1.29 is 9.53 Å². The lowest BCUT2D eigenvalue weighted by molar-refractivity contribution is 0.0601. The van der Waals surface area contributed by atoms with E-state index in [2.05, 4.69) is 31.1 Å². The van der Waals surface area contributed by atoms with Gasteiger partial charge in [0.15, 0.2) is 0 Å². The molecule has 0 atom stereocenters. The molecule has 0 fully saturated rings. The molecular formula is C16H24N2O2Si. The number of ether oxygens (including phenoxy) is 1. The van der Waals surface area contributed by atoms with E-state index in [0.29, 0.717) is 5.56 Å². The van der Waals surface area contributed by atoms with Crippen molar-refractivity contribution in [3.8, 4) is 11.5 Å². The van der Waals surface area contributed by atoms with Crippen molar-refractivity contribution in [1.29, 1.82) is 0 Å². The molecular weight excluding hydrogens is 280 g/mol. The molecule has 0 amide bonds. The molecule has 1 rings (SSSR count). The zero-order valence-electron chi connectivity index (χ0n) is 13.9. The maximum atomic E-state index is 12.0. The number of carbonyl (C=O) groups is 1. The molecule has 21 heavy (non-hydrogen) atoms. The summed E-state index contributed by atoms with van der Waals surface area (Å²) in [5, 5.41) is 3.81. The van der Waals surface area contributed by atoms with Crippen LogP contribution in [0.3, 0.4) is 0 Å². The van der Waals surface area contributed by atoms with E-state index in [1.54, 1.807) is 6.07 Å². The Morgan fingerprint density at radius 3 is 2.29 bits per heavy atom. The van der Waals surface area contributed by atoms with Crippen LogP contribution in [0.5, 0.6) is 0 Å². The number of anilines is 1. The summed E-state index contributed by atoms with van der Waals surface area (Å²) in [6, 6.07) is 5.54. The summed E-state index contributed by atoms with van der Waals surface area (Å²) in [6.45, 7) is 6.58. The summed E-state index contributed by atoms with van der Waals surface area (Å²) < 4.78 is 4.88. The molecule has 0 N–H and O–H groups in total. The van der Waals surface area contributed by atoms with Crippen molar-refractivity contribution in [2.45, 2.75) is 19.6 Å². The van der Waals surface area contributed by atoms with E-state index in [9.17, 15) is 4.79 Å². The van der Waals surface area contributed by atoms with Gasteiger partial charge in [-0.15, -0.1) is 5.54 Å². The Bertz CT molecular complexity index is 580. The van der Waals surface area contributed by atoms with Gasteiger partial charge in [0.2, 0.25) is 0 Å². The molecule has 0 saturated heterocycles. The van der Waals surface area contributed by atoms with Gasteiger partial charge in [-0.05, 0) is 12.1 Å². The van der Waals surface area contributed by atoms with E-state index in [1.165, 1.54) is 7.11 Å². The molecule has 0 aliphatic carbocycles. The van der Waals surface area contributed by atoms with Crippen LogP contribution in [0.4, 0.5) is 5.69 Å². The Balaban J connectivity index is 3.49. The predicted molar refractivity (Wildman–Crippen MR) is 90.1 cm³/mol. The summed E-state index contributed by atoms with van der Waals surface area (Å²) in [7, 11) is 5.65. The molecule has 5 heteroatoms. The highest BCUT2D eigenvalue weighted by atomic mass is 28.3. The third-order valence-electron chi connectivity index (χ3n) is 2.94. The van der Waals surface area contributed by atoms with Gasteiger partial charge in [0, 0.05) is 26.7 Å². The van der Waals surface area contributed by atoms with Gasteiger partial charge in [0.25, 0.3) is 0 Å². The second-order valence-electron chi connectivity index (χ2n) is 6.06. The number of benzene rings is 1. The van der Waals surface area contributed by atoms with Crippen LogP contribution in [0.25, 0.3) is 0 Å². The largest absolute Gasteiger partial charge is 0.465 e. The monoisotopic (exact) mass is 304 g/mol. The second-order valence-corrected chi connectivity index (χ2v) is 10.8. The average Bonchev–Trinajstić information content (AvgIpc) is 2.42. The van der Waals surface area contributed by atoms with Crippen molar-refractivity contribution in [2.75, 3.05) is 33.3 Å². The molecule has 4 nitrogen and oxygen atoms in total. The predicted octanol–water partition coefficient (Wildman–Crippen LogP) is 2.61. The van der Waals surface area contributed by atoms with Gasteiger partial charge in [-0.2, -0.15) is 0 Å². The molecule has 1 aromatic carbocycles. The lowest BCUT2D eigenvalue weighted by Crippen LogP contribution is -2.35. The molecule has 0 aromatic heterocycles. The highest BCUT2D eigenvalue weighted by molar-refractivity contribution is 6.83. The first kappa shape index (κ1) is 17.3. The number of para-hydroxylation sites is 1. The molecule has 0 heterocycles.